The van der Waals surface area contributed by atoms with Crippen molar-refractivity contribution in [3.63, 3.8) is 0 Å². The van der Waals surface area contributed by atoms with Gasteiger partial charge < -0.3 is 15.4 Å². The number of nitrogens with zero attached hydrogens (tertiary/aromatic N) is 2. The largest absolute Gasteiger partial charge is 0.439 e. The molecule has 138 valence electrons. The second-order valence-corrected chi connectivity index (χ2v) is 7.02. The van der Waals surface area contributed by atoms with Gasteiger partial charge in [0, 0.05) is 24.8 Å². The molecule has 2 N–H and O–H groups in total. The number of hydrogen-bond donors (Lipinski definition) is 1. The van der Waals surface area contributed by atoms with Gasteiger partial charge in [0.1, 0.15) is 5.75 Å². The fraction of sp³-hybridized carbons (Fsp3) is 0.429. The first-order chi connectivity index (χ1) is 12.6. The first-order valence-corrected chi connectivity index (χ1v) is 9.35. The van der Waals surface area contributed by atoms with Gasteiger partial charge in [-0.2, -0.15) is 0 Å². The minimum Gasteiger partial charge on any atom is -0.439 e. The summed E-state index contributed by atoms with van der Waals surface area (Å²) in [5.74, 6) is 0.681. The van der Waals surface area contributed by atoms with E-state index >= 15 is 0 Å². The molecular weight excluding hydrogens is 326 g/mol. The zero-order chi connectivity index (χ0) is 18.4. The molecule has 26 heavy (non-hydrogen) atoms. The van der Waals surface area contributed by atoms with Crippen molar-refractivity contribution in [2.45, 2.75) is 44.6 Å². The Kier molecular flexibility index (Phi) is 6.23. The number of ether oxygens (including phenoxy) is 1. The number of rotatable bonds is 7. The van der Waals surface area contributed by atoms with Crippen molar-refractivity contribution in [2.75, 3.05) is 13.6 Å². The van der Waals surface area contributed by atoms with E-state index in [1.807, 2.05) is 12.1 Å². The number of nitrogens with two attached hydrogens (primary N) is 1. The number of pyridine rings is 1. The van der Waals surface area contributed by atoms with Crippen molar-refractivity contribution < 1.29 is 9.53 Å². The van der Waals surface area contributed by atoms with Crippen LogP contribution in [0.15, 0.2) is 42.6 Å². The summed E-state index contributed by atoms with van der Waals surface area (Å²) in [6.07, 6.45) is 9.28. The van der Waals surface area contributed by atoms with Gasteiger partial charge in [0.2, 0.25) is 11.8 Å². The zero-order valence-electron chi connectivity index (χ0n) is 15.4. The van der Waals surface area contributed by atoms with Crippen LogP contribution in [0.5, 0.6) is 11.6 Å². The number of likely N-dealkylation sites (N-methyl/N-ethyl adjacent to an activating group) is 1. The Hall–Kier alpha value is -2.40. The van der Waals surface area contributed by atoms with Gasteiger partial charge in [-0.1, -0.05) is 31.4 Å². The molecular formula is C21H27N3O2. The van der Waals surface area contributed by atoms with Crippen LogP contribution in [0.1, 0.15) is 48.0 Å². The van der Waals surface area contributed by atoms with E-state index in [9.17, 15) is 4.79 Å². The van der Waals surface area contributed by atoms with Crippen LogP contribution in [-0.4, -0.2) is 35.4 Å². The molecule has 1 heterocycles. The average molecular weight is 353 g/mol. The summed E-state index contributed by atoms with van der Waals surface area (Å²) in [6, 6.07) is 12.1. The molecule has 5 heteroatoms. The van der Waals surface area contributed by atoms with E-state index in [0.717, 1.165) is 24.8 Å². The number of primary amides is 1. The highest BCUT2D eigenvalue weighted by molar-refractivity contribution is 5.92. The standard InChI is InChI=1S/C21H27N3O2/c1-24(18-5-3-2-4-6-18)14-13-16-7-10-19(11-8-16)26-20-12-9-17(15-23-20)21(22)25/h7-12,15,18H,2-6,13-14H2,1H3,(H2,22,25). The van der Waals surface area contributed by atoms with Crippen LogP contribution in [0, 0.1) is 0 Å². The van der Waals surface area contributed by atoms with Gasteiger partial charge >= 0.3 is 0 Å². The van der Waals surface area contributed by atoms with Crippen LogP contribution in [-0.2, 0) is 6.42 Å². The van der Waals surface area contributed by atoms with Gasteiger partial charge in [0.05, 0.1) is 5.56 Å². The van der Waals surface area contributed by atoms with Crippen molar-refractivity contribution in [3.05, 3.63) is 53.7 Å². The average Bonchev–Trinajstić information content (AvgIpc) is 2.68. The summed E-state index contributed by atoms with van der Waals surface area (Å²) >= 11 is 0. The van der Waals surface area contributed by atoms with E-state index < -0.39 is 5.91 Å². The van der Waals surface area contributed by atoms with Gasteiger partial charge in [0.25, 0.3) is 0 Å². The Morgan fingerprint density at radius 3 is 2.50 bits per heavy atom. The molecule has 1 aromatic heterocycles. The van der Waals surface area contributed by atoms with Crippen LogP contribution in [0.2, 0.25) is 0 Å². The highest BCUT2D eigenvalue weighted by Gasteiger charge is 2.17. The molecule has 0 atom stereocenters. The number of amides is 1. The lowest BCUT2D eigenvalue weighted by molar-refractivity contribution is 0.1000. The Balaban J connectivity index is 1.50. The van der Waals surface area contributed by atoms with E-state index in [0.29, 0.717) is 11.4 Å². The number of aromatic nitrogens is 1. The van der Waals surface area contributed by atoms with Gasteiger partial charge in [0.15, 0.2) is 0 Å². The van der Waals surface area contributed by atoms with Crippen LogP contribution >= 0.6 is 0 Å². The van der Waals surface area contributed by atoms with Gasteiger partial charge in [-0.15, -0.1) is 0 Å². The van der Waals surface area contributed by atoms with Crippen molar-refractivity contribution >= 4 is 5.91 Å². The van der Waals surface area contributed by atoms with Crippen molar-refractivity contribution in [1.82, 2.24) is 9.88 Å². The minimum atomic E-state index is -0.494. The molecule has 2 aromatic rings. The maximum absolute atomic E-state index is 11.1. The minimum absolute atomic E-state index is 0.370. The number of benzene rings is 1. The highest BCUT2D eigenvalue weighted by Crippen LogP contribution is 2.23. The molecule has 1 saturated carbocycles. The molecule has 1 fully saturated rings. The molecule has 0 unspecified atom stereocenters. The Bertz CT molecular complexity index is 707. The number of carbonyl (C=O) groups is 1. The van der Waals surface area contributed by atoms with Crippen LogP contribution in [0.3, 0.4) is 0 Å². The summed E-state index contributed by atoms with van der Waals surface area (Å²) in [5, 5.41) is 0. The smallest absolute Gasteiger partial charge is 0.250 e. The Morgan fingerprint density at radius 1 is 1.15 bits per heavy atom. The maximum Gasteiger partial charge on any atom is 0.250 e. The Labute approximate surface area is 155 Å². The molecule has 0 spiro atoms. The lowest BCUT2D eigenvalue weighted by atomic mass is 9.94. The molecule has 0 bridgehead atoms. The Morgan fingerprint density at radius 2 is 1.88 bits per heavy atom. The van der Waals surface area contributed by atoms with E-state index in [-0.39, 0.29) is 0 Å². The van der Waals surface area contributed by atoms with Crippen LogP contribution < -0.4 is 10.5 Å². The van der Waals surface area contributed by atoms with Crippen molar-refractivity contribution in [2.24, 2.45) is 5.73 Å². The first-order valence-electron chi connectivity index (χ1n) is 9.35. The summed E-state index contributed by atoms with van der Waals surface area (Å²) in [7, 11) is 2.24. The van der Waals surface area contributed by atoms with Crippen molar-refractivity contribution in [3.8, 4) is 11.6 Å². The second-order valence-electron chi connectivity index (χ2n) is 7.02. The second kappa shape index (κ2) is 8.81. The molecule has 1 aliphatic rings. The van der Waals surface area contributed by atoms with Crippen LogP contribution in [0.25, 0.3) is 0 Å². The third-order valence-corrected chi connectivity index (χ3v) is 5.12. The predicted octanol–water partition coefficient (Wildman–Crippen LogP) is 3.78. The van der Waals surface area contributed by atoms with E-state index in [2.05, 4.69) is 29.1 Å². The number of carbonyl (C=O) groups excluding carboxylic acids is 1. The molecule has 0 aliphatic heterocycles. The molecule has 1 aromatic carbocycles. The lowest BCUT2D eigenvalue weighted by Gasteiger charge is -2.31. The third-order valence-electron chi connectivity index (χ3n) is 5.12. The summed E-state index contributed by atoms with van der Waals surface area (Å²) in [6.45, 7) is 1.08. The highest BCUT2D eigenvalue weighted by atomic mass is 16.5. The summed E-state index contributed by atoms with van der Waals surface area (Å²) < 4.78 is 5.72. The van der Waals surface area contributed by atoms with E-state index in [4.69, 9.17) is 10.5 Å². The van der Waals surface area contributed by atoms with Gasteiger partial charge in [-0.3, -0.25) is 4.79 Å². The summed E-state index contributed by atoms with van der Waals surface area (Å²) in [5.41, 5.74) is 6.88. The third kappa shape index (κ3) is 5.05. The SMILES string of the molecule is CN(CCc1ccc(Oc2ccc(C(N)=O)cn2)cc1)C1CCCCC1. The van der Waals surface area contributed by atoms with E-state index in [1.165, 1.54) is 43.9 Å². The van der Waals surface area contributed by atoms with Crippen molar-refractivity contribution in [1.29, 1.82) is 0 Å². The molecule has 0 saturated heterocycles. The fourth-order valence-electron chi connectivity index (χ4n) is 3.44. The monoisotopic (exact) mass is 353 g/mol. The molecule has 1 aliphatic carbocycles. The molecule has 5 nitrogen and oxygen atoms in total. The quantitative estimate of drug-likeness (QED) is 0.822. The zero-order valence-corrected chi connectivity index (χ0v) is 15.4. The lowest BCUT2D eigenvalue weighted by Crippen LogP contribution is -2.34. The summed E-state index contributed by atoms with van der Waals surface area (Å²) in [4.78, 5) is 17.7. The van der Waals surface area contributed by atoms with Gasteiger partial charge in [-0.25, -0.2) is 4.98 Å². The predicted molar refractivity (Wildman–Crippen MR) is 102 cm³/mol. The first kappa shape index (κ1) is 18.4. The number of hydrogen-bond acceptors (Lipinski definition) is 4. The maximum atomic E-state index is 11.1. The van der Waals surface area contributed by atoms with Crippen LogP contribution in [0.4, 0.5) is 0 Å². The fourth-order valence-corrected chi connectivity index (χ4v) is 3.44. The normalized spacial score (nSPS) is 15.2. The molecule has 3 rings (SSSR count). The molecule has 1 amide bonds. The topological polar surface area (TPSA) is 68.5 Å². The van der Waals surface area contributed by atoms with E-state index in [1.54, 1.807) is 12.1 Å². The molecule has 0 radical (unpaired) electrons. The van der Waals surface area contributed by atoms with Gasteiger partial charge in [-0.05, 0) is 50.1 Å².